The first-order chi connectivity index (χ1) is 8.70. The normalized spacial score (nSPS) is 27.8. The monoisotopic (exact) mass is 248 g/mol. The van der Waals surface area contributed by atoms with Gasteiger partial charge in [-0.15, -0.1) is 0 Å². The van der Waals surface area contributed by atoms with E-state index in [1.807, 2.05) is 19.2 Å². The molecule has 1 saturated carbocycles. The molecule has 1 aromatic heterocycles. The predicted octanol–water partition coefficient (Wildman–Crippen LogP) is 3.72. The Hall–Kier alpha value is -1.25. The number of hydrogen-bond donors (Lipinski definition) is 1. The first-order valence-electron chi connectivity index (χ1n) is 7.06. The lowest BCUT2D eigenvalue weighted by atomic mass is 9.78. The van der Waals surface area contributed by atoms with Crippen LogP contribution in [0.1, 0.15) is 40.0 Å². The number of anilines is 1. The van der Waals surface area contributed by atoms with Crippen LogP contribution in [0.25, 0.3) is 0 Å². The molecule has 2 rings (SSSR count). The highest BCUT2D eigenvalue weighted by molar-refractivity contribution is 5.43. The summed E-state index contributed by atoms with van der Waals surface area (Å²) in [5.41, 5.74) is 1.10. The molecule has 2 atom stereocenters. The molecule has 1 aliphatic rings. The molecule has 3 nitrogen and oxygen atoms in total. The van der Waals surface area contributed by atoms with Crippen molar-refractivity contribution in [1.82, 2.24) is 4.98 Å². The molecule has 0 radical (unpaired) electrons. The maximum atomic E-state index is 5.35. The van der Waals surface area contributed by atoms with Crippen molar-refractivity contribution in [3.05, 3.63) is 18.3 Å². The van der Waals surface area contributed by atoms with Crippen LogP contribution in [0, 0.1) is 11.8 Å². The van der Waals surface area contributed by atoms with Crippen LogP contribution in [0.15, 0.2) is 18.3 Å². The molecule has 100 valence electrons. The van der Waals surface area contributed by atoms with Gasteiger partial charge in [0.1, 0.15) is 0 Å². The van der Waals surface area contributed by atoms with Crippen LogP contribution in [-0.2, 0) is 0 Å². The average molecular weight is 248 g/mol. The SMILES string of the molecule is CCOc1ccc(NC2C(C)CCCC2C)cn1. The highest BCUT2D eigenvalue weighted by Crippen LogP contribution is 2.31. The average Bonchev–Trinajstić information content (AvgIpc) is 2.36. The molecule has 1 heterocycles. The van der Waals surface area contributed by atoms with E-state index in [1.165, 1.54) is 19.3 Å². The van der Waals surface area contributed by atoms with Gasteiger partial charge in [0.25, 0.3) is 0 Å². The van der Waals surface area contributed by atoms with Crippen LogP contribution in [0.4, 0.5) is 5.69 Å². The summed E-state index contributed by atoms with van der Waals surface area (Å²) in [6.07, 6.45) is 5.89. The minimum atomic E-state index is 0.568. The number of hydrogen-bond acceptors (Lipinski definition) is 3. The Kier molecular flexibility index (Phi) is 4.45. The Morgan fingerprint density at radius 2 is 2.00 bits per heavy atom. The molecule has 0 aromatic carbocycles. The summed E-state index contributed by atoms with van der Waals surface area (Å²) in [7, 11) is 0. The number of rotatable bonds is 4. The second-order valence-corrected chi connectivity index (χ2v) is 5.37. The van der Waals surface area contributed by atoms with E-state index in [0.717, 1.165) is 17.5 Å². The van der Waals surface area contributed by atoms with Gasteiger partial charge in [0.15, 0.2) is 0 Å². The molecule has 0 aliphatic heterocycles. The van der Waals surface area contributed by atoms with Crippen LogP contribution < -0.4 is 10.1 Å². The standard InChI is InChI=1S/C15H24N2O/c1-4-18-14-9-8-13(10-16-14)17-15-11(2)6-5-7-12(15)3/h8-12,15,17H,4-7H2,1-3H3. The number of aromatic nitrogens is 1. The minimum absolute atomic E-state index is 0.568. The van der Waals surface area contributed by atoms with Crippen molar-refractivity contribution in [2.75, 3.05) is 11.9 Å². The third-order valence-electron chi connectivity index (χ3n) is 3.91. The molecule has 0 amide bonds. The largest absolute Gasteiger partial charge is 0.478 e. The quantitative estimate of drug-likeness (QED) is 0.882. The van der Waals surface area contributed by atoms with E-state index in [9.17, 15) is 0 Å². The molecule has 0 saturated heterocycles. The fourth-order valence-corrected chi connectivity index (χ4v) is 2.86. The molecule has 1 fully saturated rings. The predicted molar refractivity (Wildman–Crippen MR) is 75.0 cm³/mol. The molecular weight excluding hydrogens is 224 g/mol. The first-order valence-corrected chi connectivity index (χ1v) is 7.06. The third kappa shape index (κ3) is 3.15. The third-order valence-corrected chi connectivity index (χ3v) is 3.91. The van der Waals surface area contributed by atoms with Crippen LogP contribution in [0.3, 0.4) is 0 Å². The van der Waals surface area contributed by atoms with Crippen molar-refractivity contribution in [3.63, 3.8) is 0 Å². The van der Waals surface area contributed by atoms with Crippen molar-refractivity contribution in [2.24, 2.45) is 11.8 Å². The molecule has 18 heavy (non-hydrogen) atoms. The van der Waals surface area contributed by atoms with E-state index in [0.29, 0.717) is 18.5 Å². The Morgan fingerprint density at radius 1 is 1.28 bits per heavy atom. The van der Waals surface area contributed by atoms with Crippen LogP contribution in [0.5, 0.6) is 5.88 Å². The van der Waals surface area contributed by atoms with Crippen molar-refractivity contribution in [3.8, 4) is 5.88 Å². The van der Waals surface area contributed by atoms with Gasteiger partial charge in [-0.1, -0.05) is 20.3 Å². The maximum Gasteiger partial charge on any atom is 0.213 e. The van der Waals surface area contributed by atoms with E-state index in [2.05, 4.69) is 30.2 Å². The van der Waals surface area contributed by atoms with Crippen molar-refractivity contribution >= 4 is 5.69 Å². The van der Waals surface area contributed by atoms with E-state index in [4.69, 9.17) is 4.74 Å². The van der Waals surface area contributed by atoms with Gasteiger partial charge in [-0.05, 0) is 37.7 Å². The topological polar surface area (TPSA) is 34.1 Å². The summed E-state index contributed by atoms with van der Waals surface area (Å²) in [5, 5.41) is 3.63. The maximum absolute atomic E-state index is 5.35. The summed E-state index contributed by atoms with van der Waals surface area (Å²) < 4.78 is 5.35. The van der Waals surface area contributed by atoms with Crippen LogP contribution >= 0.6 is 0 Å². The van der Waals surface area contributed by atoms with Gasteiger partial charge in [0.05, 0.1) is 18.5 Å². The Morgan fingerprint density at radius 3 is 2.56 bits per heavy atom. The molecule has 2 unspecified atom stereocenters. The van der Waals surface area contributed by atoms with Gasteiger partial charge in [-0.2, -0.15) is 0 Å². The van der Waals surface area contributed by atoms with Crippen molar-refractivity contribution < 1.29 is 4.74 Å². The van der Waals surface area contributed by atoms with E-state index >= 15 is 0 Å². The smallest absolute Gasteiger partial charge is 0.213 e. The number of nitrogens with one attached hydrogen (secondary N) is 1. The van der Waals surface area contributed by atoms with Gasteiger partial charge in [-0.25, -0.2) is 4.98 Å². The summed E-state index contributed by atoms with van der Waals surface area (Å²) in [5.74, 6) is 2.17. The molecule has 1 aromatic rings. The molecule has 3 heteroatoms. The number of nitrogens with zero attached hydrogens (tertiary/aromatic N) is 1. The Labute approximate surface area is 110 Å². The van der Waals surface area contributed by atoms with Gasteiger partial charge in [-0.3, -0.25) is 0 Å². The highest BCUT2D eigenvalue weighted by Gasteiger charge is 2.27. The van der Waals surface area contributed by atoms with Gasteiger partial charge < -0.3 is 10.1 Å². The van der Waals surface area contributed by atoms with Crippen LogP contribution in [-0.4, -0.2) is 17.6 Å². The summed E-state index contributed by atoms with van der Waals surface area (Å²) in [4.78, 5) is 4.30. The lowest BCUT2D eigenvalue weighted by Crippen LogP contribution is -2.37. The second-order valence-electron chi connectivity index (χ2n) is 5.37. The lowest BCUT2D eigenvalue weighted by Gasteiger charge is -2.35. The summed E-state index contributed by atoms with van der Waals surface area (Å²) >= 11 is 0. The highest BCUT2D eigenvalue weighted by atomic mass is 16.5. The lowest BCUT2D eigenvalue weighted by molar-refractivity contribution is 0.268. The molecular formula is C15H24N2O. The Bertz CT molecular complexity index is 353. The van der Waals surface area contributed by atoms with Gasteiger partial charge >= 0.3 is 0 Å². The Balaban J connectivity index is 1.99. The molecule has 1 N–H and O–H groups in total. The zero-order valence-corrected chi connectivity index (χ0v) is 11.6. The van der Waals surface area contributed by atoms with Crippen molar-refractivity contribution in [1.29, 1.82) is 0 Å². The van der Waals surface area contributed by atoms with E-state index in [1.54, 1.807) is 0 Å². The number of ether oxygens (including phenoxy) is 1. The molecule has 0 bridgehead atoms. The molecule has 1 aliphatic carbocycles. The zero-order chi connectivity index (χ0) is 13.0. The molecule has 0 spiro atoms. The van der Waals surface area contributed by atoms with Crippen molar-refractivity contribution in [2.45, 2.75) is 46.1 Å². The first kappa shape index (κ1) is 13.2. The van der Waals surface area contributed by atoms with Crippen LogP contribution in [0.2, 0.25) is 0 Å². The second kappa shape index (κ2) is 6.07. The minimum Gasteiger partial charge on any atom is -0.478 e. The number of pyridine rings is 1. The van der Waals surface area contributed by atoms with Gasteiger partial charge in [0, 0.05) is 12.1 Å². The van der Waals surface area contributed by atoms with E-state index < -0.39 is 0 Å². The summed E-state index contributed by atoms with van der Waals surface area (Å²) in [6.45, 7) is 7.32. The zero-order valence-electron chi connectivity index (χ0n) is 11.6. The summed E-state index contributed by atoms with van der Waals surface area (Å²) in [6, 6.07) is 4.56. The fraction of sp³-hybridized carbons (Fsp3) is 0.667. The van der Waals surface area contributed by atoms with Gasteiger partial charge in [0.2, 0.25) is 5.88 Å². The fourth-order valence-electron chi connectivity index (χ4n) is 2.86. The van der Waals surface area contributed by atoms with E-state index in [-0.39, 0.29) is 0 Å².